The minimum Gasteiger partial charge on any atom is -0.507 e. The molecule has 5 heteroatoms. The van der Waals surface area contributed by atoms with Gasteiger partial charge in [-0.05, 0) is 18.2 Å². The monoisotopic (exact) mass is 289 g/mol. The Kier molecular flexibility index (Phi) is 4.38. The Hall–Kier alpha value is -2.33. The fourth-order valence-electron chi connectivity index (χ4n) is 1.68. The van der Waals surface area contributed by atoms with Gasteiger partial charge in [0.25, 0.3) is 5.91 Å². The molecule has 0 saturated carbocycles. The Morgan fingerprint density at radius 3 is 2.45 bits per heavy atom. The van der Waals surface area contributed by atoms with Gasteiger partial charge in [-0.15, -0.1) is 0 Å². The summed E-state index contributed by atoms with van der Waals surface area (Å²) < 4.78 is 0. The first kappa shape index (κ1) is 14.1. The maximum atomic E-state index is 11.8. The summed E-state index contributed by atoms with van der Waals surface area (Å²) in [6, 6.07) is 12.8. The van der Waals surface area contributed by atoms with Crippen LogP contribution in [-0.4, -0.2) is 23.3 Å². The first-order valence-corrected chi connectivity index (χ1v) is 6.30. The Labute approximate surface area is 121 Å². The molecular formula is C15H12ClNO3. The lowest BCUT2D eigenvalue weighted by Crippen LogP contribution is -2.29. The number of amides is 1. The smallest absolute Gasteiger partial charge is 0.255 e. The molecule has 1 amide bonds. The molecule has 0 saturated heterocycles. The van der Waals surface area contributed by atoms with Crippen molar-refractivity contribution in [2.45, 2.75) is 0 Å². The summed E-state index contributed by atoms with van der Waals surface area (Å²) in [6.45, 7) is -0.134. The molecule has 0 aromatic heterocycles. The van der Waals surface area contributed by atoms with Gasteiger partial charge in [-0.2, -0.15) is 0 Å². The first-order chi connectivity index (χ1) is 9.58. The van der Waals surface area contributed by atoms with Crippen LogP contribution in [0, 0.1) is 0 Å². The van der Waals surface area contributed by atoms with Gasteiger partial charge in [-0.1, -0.05) is 41.9 Å². The lowest BCUT2D eigenvalue weighted by Gasteiger charge is -2.06. The maximum absolute atomic E-state index is 11.8. The van der Waals surface area contributed by atoms with Gasteiger partial charge in [0.1, 0.15) is 5.75 Å². The molecule has 20 heavy (non-hydrogen) atoms. The predicted molar refractivity (Wildman–Crippen MR) is 76.2 cm³/mol. The van der Waals surface area contributed by atoms with Crippen molar-refractivity contribution in [2.75, 3.05) is 6.54 Å². The Bertz CT molecular complexity index is 641. The van der Waals surface area contributed by atoms with Gasteiger partial charge >= 0.3 is 0 Å². The van der Waals surface area contributed by atoms with Crippen molar-refractivity contribution in [3.63, 3.8) is 0 Å². The topological polar surface area (TPSA) is 66.4 Å². The molecule has 0 unspecified atom stereocenters. The molecule has 2 N–H and O–H groups in total. The van der Waals surface area contributed by atoms with E-state index in [0.29, 0.717) is 10.6 Å². The molecular weight excluding hydrogens is 278 g/mol. The van der Waals surface area contributed by atoms with Crippen LogP contribution in [0.5, 0.6) is 5.75 Å². The van der Waals surface area contributed by atoms with Crippen LogP contribution in [-0.2, 0) is 0 Å². The van der Waals surface area contributed by atoms with Crippen molar-refractivity contribution in [3.05, 3.63) is 64.7 Å². The standard InChI is InChI=1S/C15H12ClNO3/c16-11-6-7-12(13(18)8-11)15(20)17-9-14(19)10-4-2-1-3-5-10/h1-8,18H,9H2,(H,17,20). The van der Waals surface area contributed by atoms with Crippen LogP contribution in [0.15, 0.2) is 48.5 Å². The molecule has 102 valence electrons. The number of phenolic OH excluding ortho intramolecular Hbond substituents is 1. The zero-order valence-electron chi connectivity index (χ0n) is 10.5. The van der Waals surface area contributed by atoms with Crippen molar-refractivity contribution in [2.24, 2.45) is 0 Å². The molecule has 0 aliphatic rings. The maximum Gasteiger partial charge on any atom is 0.255 e. The molecule has 0 aliphatic heterocycles. The van der Waals surface area contributed by atoms with Gasteiger partial charge in [0, 0.05) is 10.6 Å². The van der Waals surface area contributed by atoms with Crippen LogP contribution in [0.1, 0.15) is 20.7 Å². The third-order valence-electron chi connectivity index (χ3n) is 2.71. The van der Waals surface area contributed by atoms with Crippen molar-refractivity contribution < 1.29 is 14.7 Å². The average Bonchev–Trinajstić information content (AvgIpc) is 2.45. The number of hydrogen-bond acceptors (Lipinski definition) is 3. The van der Waals surface area contributed by atoms with Gasteiger partial charge in [0.05, 0.1) is 12.1 Å². The van der Waals surface area contributed by atoms with Gasteiger partial charge < -0.3 is 10.4 Å². The minimum atomic E-state index is -0.525. The third kappa shape index (κ3) is 3.36. The van der Waals surface area contributed by atoms with E-state index in [2.05, 4.69) is 5.32 Å². The van der Waals surface area contributed by atoms with Gasteiger partial charge in [0.2, 0.25) is 0 Å². The molecule has 4 nitrogen and oxygen atoms in total. The number of halogens is 1. The average molecular weight is 290 g/mol. The highest BCUT2D eigenvalue weighted by Gasteiger charge is 2.13. The van der Waals surface area contributed by atoms with E-state index in [1.54, 1.807) is 30.3 Å². The fourth-order valence-corrected chi connectivity index (χ4v) is 1.85. The van der Waals surface area contributed by atoms with Crippen LogP contribution in [0.3, 0.4) is 0 Å². The molecule has 0 radical (unpaired) electrons. The number of phenols is 1. The van der Waals surface area contributed by atoms with Crippen LogP contribution < -0.4 is 5.32 Å². The highest BCUT2D eigenvalue weighted by atomic mass is 35.5. The largest absolute Gasteiger partial charge is 0.507 e. The third-order valence-corrected chi connectivity index (χ3v) is 2.94. The van der Waals surface area contributed by atoms with Crippen LogP contribution in [0.25, 0.3) is 0 Å². The van der Waals surface area contributed by atoms with Crippen LogP contribution in [0.2, 0.25) is 5.02 Å². The SMILES string of the molecule is O=C(CNC(=O)c1ccc(Cl)cc1O)c1ccccc1. The quantitative estimate of drug-likeness (QED) is 0.850. The van der Waals surface area contributed by atoms with Crippen molar-refractivity contribution >= 4 is 23.3 Å². The molecule has 2 rings (SSSR count). The normalized spacial score (nSPS) is 10.1. The summed E-state index contributed by atoms with van der Waals surface area (Å²) in [6.07, 6.45) is 0. The number of nitrogens with one attached hydrogen (secondary N) is 1. The molecule has 0 atom stereocenters. The van der Waals surface area contributed by atoms with E-state index in [4.69, 9.17) is 11.6 Å². The lowest BCUT2D eigenvalue weighted by atomic mass is 10.1. The number of Topliss-reactive ketones (excluding diaryl/α,β-unsaturated/α-hetero) is 1. The summed E-state index contributed by atoms with van der Waals surface area (Å²) in [5, 5.41) is 12.4. The lowest BCUT2D eigenvalue weighted by molar-refractivity contribution is 0.0902. The molecule has 2 aromatic rings. The summed E-state index contributed by atoms with van der Waals surface area (Å²) in [5.41, 5.74) is 0.600. The molecule has 2 aromatic carbocycles. The molecule has 0 aliphatic carbocycles. The second-order valence-electron chi connectivity index (χ2n) is 4.13. The first-order valence-electron chi connectivity index (χ1n) is 5.93. The van der Waals surface area contributed by atoms with Gasteiger partial charge in [-0.25, -0.2) is 0 Å². The Morgan fingerprint density at radius 1 is 1.10 bits per heavy atom. The number of hydrogen-bond donors (Lipinski definition) is 2. The minimum absolute atomic E-state index is 0.0789. The number of ketones is 1. The summed E-state index contributed by atoms with van der Waals surface area (Å²) in [7, 11) is 0. The highest BCUT2D eigenvalue weighted by Crippen LogP contribution is 2.21. The predicted octanol–water partition coefficient (Wildman–Crippen LogP) is 2.66. The fraction of sp³-hybridized carbons (Fsp3) is 0.0667. The highest BCUT2D eigenvalue weighted by molar-refractivity contribution is 6.30. The van der Waals surface area contributed by atoms with E-state index < -0.39 is 5.91 Å². The number of benzene rings is 2. The zero-order valence-corrected chi connectivity index (χ0v) is 11.2. The Morgan fingerprint density at radius 2 is 1.80 bits per heavy atom. The van der Waals surface area contributed by atoms with Crippen molar-refractivity contribution in [1.29, 1.82) is 0 Å². The summed E-state index contributed by atoms with van der Waals surface area (Å²) in [4.78, 5) is 23.7. The second kappa shape index (κ2) is 6.21. The molecule has 0 spiro atoms. The number of carbonyl (C=O) groups is 2. The summed E-state index contributed by atoms with van der Waals surface area (Å²) >= 11 is 5.68. The molecule has 0 bridgehead atoms. The van der Waals surface area contributed by atoms with E-state index in [1.807, 2.05) is 0 Å². The van der Waals surface area contributed by atoms with E-state index in [-0.39, 0.29) is 23.6 Å². The number of aromatic hydroxyl groups is 1. The van der Waals surface area contributed by atoms with E-state index >= 15 is 0 Å². The van der Waals surface area contributed by atoms with E-state index in [0.717, 1.165) is 0 Å². The number of carbonyl (C=O) groups excluding carboxylic acids is 2. The van der Waals surface area contributed by atoms with Gasteiger partial charge in [0.15, 0.2) is 5.78 Å². The zero-order chi connectivity index (χ0) is 14.5. The summed E-state index contributed by atoms with van der Waals surface area (Å²) in [5.74, 6) is -0.946. The second-order valence-corrected chi connectivity index (χ2v) is 4.57. The van der Waals surface area contributed by atoms with Gasteiger partial charge in [-0.3, -0.25) is 9.59 Å². The molecule has 0 heterocycles. The van der Waals surface area contributed by atoms with E-state index in [9.17, 15) is 14.7 Å². The molecule has 0 fully saturated rings. The van der Waals surface area contributed by atoms with E-state index in [1.165, 1.54) is 18.2 Å². The van der Waals surface area contributed by atoms with Crippen LogP contribution >= 0.6 is 11.6 Å². The van der Waals surface area contributed by atoms with Crippen molar-refractivity contribution in [1.82, 2.24) is 5.32 Å². The van der Waals surface area contributed by atoms with Crippen LogP contribution in [0.4, 0.5) is 0 Å². The Balaban J connectivity index is 2.00. The number of rotatable bonds is 4. The van der Waals surface area contributed by atoms with Crippen molar-refractivity contribution in [3.8, 4) is 5.75 Å².